The van der Waals surface area contributed by atoms with Crippen LogP contribution in [0.1, 0.15) is 9.49 Å². The van der Waals surface area contributed by atoms with Crippen LogP contribution >= 0.6 is 45.2 Å². The van der Waals surface area contributed by atoms with Crippen LogP contribution in [0.4, 0.5) is 5.69 Å². The summed E-state index contributed by atoms with van der Waals surface area (Å²) in [7, 11) is 0. The molecule has 0 radical (unpaired) electrons. The Bertz CT molecular complexity index is 275. The van der Waals surface area contributed by atoms with Gasteiger partial charge in [-0.3, -0.25) is 0 Å². The van der Waals surface area contributed by atoms with E-state index in [4.69, 9.17) is 0 Å². The van der Waals surface area contributed by atoms with Gasteiger partial charge in [0.2, 0.25) is 0 Å². The molecular formula is C8H7I2N. The van der Waals surface area contributed by atoms with Gasteiger partial charge in [-0.15, -0.1) is 0 Å². The van der Waals surface area contributed by atoms with Crippen LogP contribution in [-0.4, -0.2) is 4.05 Å². The molecule has 2 atom stereocenters. The van der Waals surface area contributed by atoms with Gasteiger partial charge in [-0.25, -0.2) is 0 Å². The summed E-state index contributed by atoms with van der Waals surface area (Å²) in [6.45, 7) is 0. The number of fused-ring (bicyclic) bond motifs is 1. The molecule has 1 aliphatic heterocycles. The van der Waals surface area contributed by atoms with E-state index in [2.05, 4.69) is 74.8 Å². The lowest BCUT2D eigenvalue weighted by Gasteiger charge is -2.04. The van der Waals surface area contributed by atoms with Gasteiger partial charge in [0.25, 0.3) is 0 Å². The van der Waals surface area contributed by atoms with Crippen LogP contribution in [0.15, 0.2) is 24.3 Å². The van der Waals surface area contributed by atoms with Crippen LogP contribution in [0, 0.1) is 0 Å². The standard InChI is InChI=1S/C8H7I2N/c9-7-5-3-1-2-4-6(5)11-8(7)10/h1-4,7-8,11H. The lowest BCUT2D eigenvalue weighted by Crippen LogP contribution is -2.06. The summed E-state index contributed by atoms with van der Waals surface area (Å²) in [6, 6.07) is 8.50. The van der Waals surface area contributed by atoms with Crippen molar-refractivity contribution < 1.29 is 0 Å². The Labute approximate surface area is 93.2 Å². The molecule has 1 nitrogen and oxygen atoms in total. The molecule has 58 valence electrons. The second-order valence-electron chi connectivity index (χ2n) is 2.54. The summed E-state index contributed by atoms with van der Waals surface area (Å²) < 4.78 is 1.16. The fourth-order valence-electron chi connectivity index (χ4n) is 1.25. The first kappa shape index (κ1) is 8.10. The molecule has 0 spiro atoms. The lowest BCUT2D eigenvalue weighted by atomic mass is 10.2. The molecule has 1 aliphatic rings. The van der Waals surface area contributed by atoms with Gasteiger partial charge in [-0.1, -0.05) is 63.4 Å². The maximum atomic E-state index is 3.43. The first-order valence-corrected chi connectivity index (χ1v) is 5.92. The number of halogens is 2. The average Bonchev–Trinajstić information content (AvgIpc) is 2.30. The minimum Gasteiger partial charge on any atom is -0.372 e. The number of nitrogens with one attached hydrogen (secondary N) is 1. The van der Waals surface area contributed by atoms with E-state index in [1.807, 2.05) is 0 Å². The SMILES string of the molecule is IC1Nc2ccccc2C1I. The van der Waals surface area contributed by atoms with Crippen molar-refractivity contribution in [2.75, 3.05) is 5.32 Å². The zero-order valence-corrected chi connectivity index (χ0v) is 10.0. The Morgan fingerprint density at radius 2 is 1.91 bits per heavy atom. The van der Waals surface area contributed by atoms with Gasteiger partial charge in [0.15, 0.2) is 0 Å². The highest BCUT2D eigenvalue weighted by Crippen LogP contribution is 2.42. The molecule has 1 aromatic carbocycles. The third-order valence-corrected chi connectivity index (χ3v) is 5.61. The van der Waals surface area contributed by atoms with Gasteiger partial charge in [-0.2, -0.15) is 0 Å². The van der Waals surface area contributed by atoms with E-state index in [1.165, 1.54) is 11.3 Å². The Kier molecular flexibility index (Phi) is 2.27. The minimum absolute atomic E-state index is 0.547. The second-order valence-corrected chi connectivity index (χ2v) is 5.22. The normalized spacial score (nSPS) is 27.8. The van der Waals surface area contributed by atoms with Crippen molar-refractivity contribution in [3.05, 3.63) is 29.8 Å². The third-order valence-electron chi connectivity index (χ3n) is 1.81. The fourth-order valence-corrected chi connectivity index (χ4v) is 2.69. The maximum Gasteiger partial charge on any atom is 0.0941 e. The van der Waals surface area contributed by atoms with E-state index < -0.39 is 0 Å². The molecule has 0 bridgehead atoms. The summed E-state index contributed by atoms with van der Waals surface area (Å²) in [6.07, 6.45) is 0. The Hall–Kier alpha value is 0.480. The molecule has 3 heteroatoms. The Morgan fingerprint density at radius 1 is 1.18 bits per heavy atom. The minimum atomic E-state index is 0.547. The highest BCUT2D eigenvalue weighted by atomic mass is 127. The highest BCUT2D eigenvalue weighted by molar-refractivity contribution is 14.1. The largest absolute Gasteiger partial charge is 0.372 e. The van der Waals surface area contributed by atoms with Crippen LogP contribution < -0.4 is 5.32 Å². The van der Waals surface area contributed by atoms with Crippen LogP contribution in [0.3, 0.4) is 0 Å². The zero-order chi connectivity index (χ0) is 7.84. The molecule has 0 saturated carbocycles. The maximum absolute atomic E-state index is 3.43. The van der Waals surface area contributed by atoms with Gasteiger partial charge >= 0.3 is 0 Å². The average molecular weight is 371 g/mol. The molecule has 0 aromatic heterocycles. The molecule has 1 heterocycles. The van der Waals surface area contributed by atoms with Crippen LogP contribution in [0.5, 0.6) is 0 Å². The number of para-hydroxylation sites is 1. The number of hydrogen-bond donors (Lipinski definition) is 1. The topological polar surface area (TPSA) is 12.0 Å². The van der Waals surface area contributed by atoms with E-state index in [-0.39, 0.29) is 0 Å². The molecule has 11 heavy (non-hydrogen) atoms. The van der Waals surface area contributed by atoms with Crippen molar-refractivity contribution in [2.24, 2.45) is 0 Å². The molecule has 1 aromatic rings. The molecule has 2 rings (SSSR count). The van der Waals surface area contributed by atoms with Crippen LogP contribution in [0.2, 0.25) is 0 Å². The predicted octanol–water partition coefficient (Wildman–Crippen LogP) is 3.35. The third kappa shape index (κ3) is 1.37. The summed E-state index contributed by atoms with van der Waals surface area (Å²) in [4.78, 5) is 0. The van der Waals surface area contributed by atoms with E-state index in [1.54, 1.807) is 0 Å². The molecule has 0 fully saturated rings. The van der Waals surface area contributed by atoms with Crippen LogP contribution in [0.25, 0.3) is 0 Å². The van der Waals surface area contributed by atoms with Gasteiger partial charge in [0.1, 0.15) is 0 Å². The number of alkyl halides is 2. The molecule has 0 amide bonds. The molecule has 0 aliphatic carbocycles. The van der Waals surface area contributed by atoms with Crippen molar-refractivity contribution in [1.82, 2.24) is 0 Å². The van der Waals surface area contributed by atoms with E-state index in [9.17, 15) is 0 Å². The summed E-state index contributed by atoms with van der Waals surface area (Å²) in [5, 5.41) is 3.43. The van der Waals surface area contributed by atoms with Crippen molar-refractivity contribution in [3.63, 3.8) is 0 Å². The predicted molar refractivity (Wildman–Crippen MR) is 64.6 cm³/mol. The number of anilines is 1. The number of rotatable bonds is 0. The Morgan fingerprint density at radius 3 is 2.64 bits per heavy atom. The zero-order valence-electron chi connectivity index (χ0n) is 5.72. The second kappa shape index (κ2) is 3.08. The van der Waals surface area contributed by atoms with Gasteiger partial charge < -0.3 is 5.32 Å². The monoisotopic (exact) mass is 371 g/mol. The van der Waals surface area contributed by atoms with Gasteiger partial charge in [-0.05, 0) is 11.6 Å². The van der Waals surface area contributed by atoms with E-state index in [0.717, 1.165) is 0 Å². The smallest absolute Gasteiger partial charge is 0.0941 e. The first-order valence-electron chi connectivity index (χ1n) is 3.42. The highest BCUT2D eigenvalue weighted by Gasteiger charge is 2.26. The van der Waals surface area contributed by atoms with E-state index in [0.29, 0.717) is 7.97 Å². The number of benzene rings is 1. The molecule has 2 unspecified atom stereocenters. The van der Waals surface area contributed by atoms with Gasteiger partial charge in [0.05, 0.1) is 7.97 Å². The summed E-state index contributed by atoms with van der Waals surface area (Å²) >= 11 is 4.91. The summed E-state index contributed by atoms with van der Waals surface area (Å²) in [5.74, 6) is 0. The van der Waals surface area contributed by atoms with Crippen molar-refractivity contribution in [3.8, 4) is 0 Å². The van der Waals surface area contributed by atoms with Crippen molar-refractivity contribution in [2.45, 2.75) is 7.97 Å². The number of hydrogen-bond acceptors (Lipinski definition) is 1. The van der Waals surface area contributed by atoms with Gasteiger partial charge in [0, 0.05) is 5.69 Å². The van der Waals surface area contributed by atoms with Crippen molar-refractivity contribution >= 4 is 50.9 Å². The molecular weight excluding hydrogens is 364 g/mol. The summed E-state index contributed by atoms with van der Waals surface area (Å²) in [5.41, 5.74) is 2.74. The molecule has 1 N–H and O–H groups in total. The first-order chi connectivity index (χ1) is 5.29. The fraction of sp³-hybridized carbons (Fsp3) is 0.250. The Balaban J connectivity index is 2.47. The van der Waals surface area contributed by atoms with E-state index >= 15 is 0 Å². The van der Waals surface area contributed by atoms with Crippen LogP contribution in [-0.2, 0) is 0 Å². The molecule has 0 saturated heterocycles. The van der Waals surface area contributed by atoms with Crippen molar-refractivity contribution in [1.29, 1.82) is 0 Å². The quantitative estimate of drug-likeness (QED) is 0.419. The lowest BCUT2D eigenvalue weighted by molar-refractivity contribution is 1.08.